The minimum atomic E-state index is -0.528. The molecule has 0 aromatic heterocycles. The molecule has 2 aromatic carbocycles. The van der Waals surface area contributed by atoms with Gasteiger partial charge in [0.25, 0.3) is 0 Å². The molecule has 1 amide bonds. The Morgan fingerprint density at radius 3 is 2.59 bits per heavy atom. The van der Waals surface area contributed by atoms with Gasteiger partial charge in [0.1, 0.15) is 0 Å². The predicted octanol–water partition coefficient (Wildman–Crippen LogP) is 3.26. The van der Waals surface area contributed by atoms with Crippen LogP contribution in [0.25, 0.3) is 6.08 Å². The largest absolute Gasteiger partial charge is 0.490 e. The smallest absolute Gasteiger partial charge is 0.311 e. The first-order chi connectivity index (χ1) is 10.6. The number of amides is 1. The summed E-state index contributed by atoms with van der Waals surface area (Å²) in [5.41, 5.74) is 1.07. The summed E-state index contributed by atoms with van der Waals surface area (Å²) in [7, 11) is 1.37. The van der Waals surface area contributed by atoms with E-state index in [0.717, 1.165) is 0 Å². The Labute approximate surface area is 127 Å². The highest BCUT2D eigenvalue weighted by molar-refractivity contribution is 6.01. The molecule has 2 rings (SSSR count). The summed E-state index contributed by atoms with van der Waals surface area (Å²) in [5, 5.41) is 13.6. The van der Waals surface area contributed by atoms with Crippen LogP contribution >= 0.6 is 0 Å². The summed E-state index contributed by atoms with van der Waals surface area (Å²) in [6.07, 6.45) is 2.82. The van der Waals surface area contributed by atoms with Crippen molar-refractivity contribution >= 4 is 23.4 Å². The fourth-order valence-corrected chi connectivity index (χ4v) is 1.83. The highest BCUT2D eigenvalue weighted by atomic mass is 16.6. The fourth-order valence-electron chi connectivity index (χ4n) is 1.83. The Morgan fingerprint density at radius 2 is 1.95 bits per heavy atom. The number of carbonyl (C=O) groups excluding carboxylic acids is 1. The van der Waals surface area contributed by atoms with E-state index in [1.807, 2.05) is 18.2 Å². The van der Waals surface area contributed by atoms with E-state index < -0.39 is 4.92 Å². The molecule has 0 heterocycles. The number of ether oxygens (including phenoxy) is 1. The van der Waals surface area contributed by atoms with Gasteiger partial charge in [0.05, 0.1) is 12.0 Å². The zero-order valence-corrected chi connectivity index (χ0v) is 11.9. The molecule has 0 saturated carbocycles. The molecule has 112 valence electrons. The van der Waals surface area contributed by atoms with Crippen molar-refractivity contribution < 1.29 is 14.5 Å². The first-order valence-electron chi connectivity index (χ1n) is 6.46. The monoisotopic (exact) mass is 298 g/mol. The molecule has 6 nitrogen and oxygen atoms in total. The third kappa shape index (κ3) is 3.92. The van der Waals surface area contributed by atoms with Crippen molar-refractivity contribution in [1.82, 2.24) is 0 Å². The highest BCUT2D eigenvalue weighted by Crippen LogP contribution is 2.27. The normalized spacial score (nSPS) is 10.4. The van der Waals surface area contributed by atoms with Gasteiger partial charge in [-0.05, 0) is 29.8 Å². The van der Waals surface area contributed by atoms with Gasteiger partial charge < -0.3 is 10.1 Å². The number of nitro benzene ring substituents is 1. The second-order valence-electron chi connectivity index (χ2n) is 4.38. The van der Waals surface area contributed by atoms with Gasteiger partial charge >= 0.3 is 5.69 Å². The van der Waals surface area contributed by atoms with Crippen LogP contribution in [0.1, 0.15) is 5.56 Å². The molecule has 0 spiro atoms. The van der Waals surface area contributed by atoms with Crippen molar-refractivity contribution in [2.75, 3.05) is 12.4 Å². The van der Waals surface area contributed by atoms with Gasteiger partial charge in [-0.1, -0.05) is 24.3 Å². The van der Waals surface area contributed by atoms with E-state index >= 15 is 0 Å². The number of rotatable bonds is 5. The lowest BCUT2D eigenvalue weighted by Gasteiger charge is -2.03. The molecule has 0 unspecified atom stereocenters. The summed E-state index contributed by atoms with van der Waals surface area (Å²) in [6, 6.07) is 13.5. The topological polar surface area (TPSA) is 81.5 Å². The Balaban J connectivity index is 2.11. The van der Waals surface area contributed by atoms with Gasteiger partial charge in [0.15, 0.2) is 5.75 Å². The summed E-state index contributed by atoms with van der Waals surface area (Å²) < 4.78 is 4.92. The minimum Gasteiger partial charge on any atom is -0.490 e. The van der Waals surface area contributed by atoms with E-state index in [4.69, 9.17) is 4.74 Å². The van der Waals surface area contributed by atoms with Gasteiger partial charge in [-0.2, -0.15) is 0 Å². The zero-order valence-electron chi connectivity index (χ0n) is 11.9. The molecule has 6 heteroatoms. The van der Waals surface area contributed by atoms with Crippen molar-refractivity contribution in [3.63, 3.8) is 0 Å². The van der Waals surface area contributed by atoms with Crippen molar-refractivity contribution in [3.05, 3.63) is 70.3 Å². The highest BCUT2D eigenvalue weighted by Gasteiger charge is 2.14. The van der Waals surface area contributed by atoms with Crippen LogP contribution in [0.2, 0.25) is 0 Å². The number of nitro groups is 1. The molecule has 0 saturated heterocycles. The number of nitrogens with one attached hydrogen (secondary N) is 1. The first kappa shape index (κ1) is 15.2. The molecule has 0 atom stereocenters. The lowest BCUT2D eigenvalue weighted by atomic mass is 10.1. The van der Waals surface area contributed by atoms with Crippen molar-refractivity contribution in [3.8, 4) is 5.75 Å². The quantitative estimate of drug-likeness (QED) is 0.522. The molecule has 0 aliphatic carbocycles. The average molecular weight is 298 g/mol. The zero-order chi connectivity index (χ0) is 15.9. The lowest BCUT2D eigenvalue weighted by Crippen LogP contribution is -2.07. The third-order valence-electron chi connectivity index (χ3n) is 2.87. The summed E-state index contributed by atoms with van der Waals surface area (Å²) in [5.74, 6) is -0.138. The van der Waals surface area contributed by atoms with Gasteiger partial charge in [0, 0.05) is 17.8 Å². The molecule has 0 fully saturated rings. The SMILES string of the molecule is COc1ccc(/C=C/C(=O)Nc2ccccc2)cc1[N+](=O)[O-]. The maximum atomic E-state index is 11.8. The maximum Gasteiger partial charge on any atom is 0.311 e. The van der Waals surface area contributed by atoms with Crippen LogP contribution in [-0.4, -0.2) is 17.9 Å². The predicted molar refractivity (Wildman–Crippen MR) is 83.8 cm³/mol. The summed E-state index contributed by atoms with van der Waals surface area (Å²) in [6.45, 7) is 0. The Bertz CT molecular complexity index is 711. The number of nitrogens with zero attached hydrogens (tertiary/aromatic N) is 1. The fraction of sp³-hybridized carbons (Fsp3) is 0.0625. The van der Waals surface area contributed by atoms with E-state index in [-0.39, 0.29) is 17.3 Å². The van der Waals surface area contributed by atoms with E-state index in [9.17, 15) is 14.9 Å². The molecule has 22 heavy (non-hydrogen) atoms. The Hall–Kier alpha value is -3.15. The number of hydrogen-bond acceptors (Lipinski definition) is 4. The minimum absolute atomic E-state index is 0.145. The molecule has 0 radical (unpaired) electrons. The van der Waals surface area contributed by atoms with Crippen molar-refractivity contribution in [2.45, 2.75) is 0 Å². The van der Waals surface area contributed by atoms with Gasteiger partial charge in [-0.15, -0.1) is 0 Å². The van der Waals surface area contributed by atoms with Crippen molar-refractivity contribution in [2.24, 2.45) is 0 Å². The van der Waals surface area contributed by atoms with Crippen LogP contribution in [0.3, 0.4) is 0 Å². The summed E-state index contributed by atoms with van der Waals surface area (Å²) in [4.78, 5) is 22.2. The van der Waals surface area contributed by atoms with Gasteiger partial charge in [-0.3, -0.25) is 14.9 Å². The van der Waals surface area contributed by atoms with E-state index in [0.29, 0.717) is 11.3 Å². The average Bonchev–Trinajstić information content (AvgIpc) is 2.53. The summed E-state index contributed by atoms with van der Waals surface area (Å²) >= 11 is 0. The second-order valence-corrected chi connectivity index (χ2v) is 4.38. The maximum absolute atomic E-state index is 11.8. The van der Waals surface area contributed by atoms with E-state index in [1.54, 1.807) is 18.2 Å². The molecule has 0 bridgehead atoms. The second kappa shape index (κ2) is 7.03. The number of hydrogen-bond donors (Lipinski definition) is 1. The molecular weight excluding hydrogens is 284 g/mol. The molecule has 1 N–H and O–H groups in total. The molecule has 0 aliphatic rings. The molecule has 2 aromatic rings. The number of carbonyl (C=O) groups is 1. The van der Waals surface area contributed by atoms with Gasteiger partial charge in [-0.25, -0.2) is 0 Å². The number of anilines is 1. The third-order valence-corrected chi connectivity index (χ3v) is 2.87. The van der Waals surface area contributed by atoms with Crippen LogP contribution in [0.4, 0.5) is 11.4 Å². The van der Waals surface area contributed by atoms with Crippen LogP contribution in [0.5, 0.6) is 5.75 Å². The van der Waals surface area contributed by atoms with Gasteiger partial charge in [0.2, 0.25) is 5.91 Å². The van der Waals surface area contributed by atoms with Crippen molar-refractivity contribution in [1.29, 1.82) is 0 Å². The first-order valence-corrected chi connectivity index (χ1v) is 6.46. The van der Waals surface area contributed by atoms with Crippen LogP contribution < -0.4 is 10.1 Å². The standard InChI is InChI=1S/C16H14N2O4/c1-22-15-9-7-12(11-14(15)18(20)21)8-10-16(19)17-13-5-3-2-4-6-13/h2-11H,1H3,(H,17,19)/b10-8+. The Morgan fingerprint density at radius 1 is 1.23 bits per heavy atom. The lowest BCUT2D eigenvalue weighted by molar-refractivity contribution is -0.385. The van der Waals surface area contributed by atoms with E-state index in [1.165, 1.54) is 31.4 Å². The van der Waals surface area contributed by atoms with Crippen LogP contribution in [-0.2, 0) is 4.79 Å². The van der Waals surface area contributed by atoms with E-state index in [2.05, 4.69) is 5.32 Å². The number of benzene rings is 2. The molecule has 0 aliphatic heterocycles. The van der Waals surface area contributed by atoms with Crippen LogP contribution in [0.15, 0.2) is 54.6 Å². The number of para-hydroxylation sites is 1. The number of methoxy groups -OCH3 is 1. The Kier molecular flexibility index (Phi) is 4.87. The molecular formula is C16H14N2O4. The van der Waals surface area contributed by atoms with Crippen LogP contribution in [0, 0.1) is 10.1 Å².